The normalized spacial score (nSPS) is 11.5. The Morgan fingerprint density at radius 1 is 1.20 bits per heavy atom. The van der Waals surface area contributed by atoms with E-state index in [0.29, 0.717) is 5.56 Å². The van der Waals surface area contributed by atoms with Crippen molar-refractivity contribution in [2.75, 3.05) is 0 Å². The largest absolute Gasteiger partial charge is 0.340 e. The van der Waals surface area contributed by atoms with E-state index >= 15 is 0 Å². The maximum absolute atomic E-state index is 13.2. The Bertz CT molecular complexity index is 387. The number of nitro groups is 1. The quantitative estimate of drug-likeness (QED) is 0.533. The maximum Gasteiger partial charge on any atom is 0.340 e. The fourth-order valence-electron chi connectivity index (χ4n) is 1.17. The third-order valence-corrected chi connectivity index (χ3v) is 2.07. The predicted molar refractivity (Wildman–Crippen MR) is 51.7 cm³/mol. The van der Waals surface area contributed by atoms with E-state index < -0.39 is 27.7 Å². The summed E-state index contributed by atoms with van der Waals surface area (Å²) in [4.78, 5) is 9.27. The van der Waals surface area contributed by atoms with Gasteiger partial charge in [-0.25, -0.2) is 0 Å². The second-order valence-corrected chi connectivity index (χ2v) is 4.30. The van der Waals surface area contributed by atoms with Crippen LogP contribution in [0.5, 0.6) is 0 Å². The van der Waals surface area contributed by atoms with E-state index in [2.05, 4.69) is 0 Å². The molecule has 82 valence electrons. The molecule has 1 aromatic rings. The van der Waals surface area contributed by atoms with Gasteiger partial charge in [-0.2, -0.15) is 8.78 Å². The van der Waals surface area contributed by atoms with Gasteiger partial charge in [0.15, 0.2) is 0 Å². The predicted octanol–water partition coefficient (Wildman–Crippen LogP) is 3.17. The van der Waals surface area contributed by atoms with Crippen LogP contribution >= 0.6 is 0 Å². The molecule has 0 heterocycles. The van der Waals surface area contributed by atoms with Gasteiger partial charge in [0, 0.05) is 0 Å². The molecule has 0 aromatic heterocycles. The van der Waals surface area contributed by atoms with Gasteiger partial charge in [0.2, 0.25) is 11.6 Å². The Hall–Kier alpha value is -1.52. The minimum Gasteiger partial charge on any atom is -0.258 e. The number of hydrogen-bond acceptors (Lipinski definition) is 2. The third kappa shape index (κ3) is 2.29. The Labute approximate surface area is 85.9 Å². The summed E-state index contributed by atoms with van der Waals surface area (Å²) in [6.45, 7) is 5.31. The topological polar surface area (TPSA) is 43.1 Å². The highest BCUT2D eigenvalue weighted by Gasteiger charge is 2.25. The maximum atomic E-state index is 13.2. The van der Waals surface area contributed by atoms with Gasteiger partial charge >= 0.3 is 5.69 Å². The SMILES string of the molecule is CC(C)(C)c1cc(F)c([N+](=O)[O-])c(F)c1. The van der Waals surface area contributed by atoms with Crippen molar-refractivity contribution in [2.24, 2.45) is 0 Å². The van der Waals surface area contributed by atoms with Crippen LogP contribution in [0, 0.1) is 21.7 Å². The summed E-state index contributed by atoms with van der Waals surface area (Å²) in [5, 5.41) is 10.3. The highest BCUT2D eigenvalue weighted by molar-refractivity contribution is 5.39. The number of halogens is 2. The minimum atomic E-state index is -1.13. The summed E-state index contributed by atoms with van der Waals surface area (Å²) in [5.74, 6) is -2.27. The van der Waals surface area contributed by atoms with Crippen molar-refractivity contribution in [2.45, 2.75) is 26.2 Å². The van der Waals surface area contributed by atoms with Crippen molar-refractivity contribution in [3.05, 3.63) is 39.4 Å². The lowest BCUT2D eigenvalue weighted by Gasteiger charge is -2.18. The van der Waals surface area contributed by atoms with Crippen LogP contribution in [0.25, 0.3) is 0 Å². The van der Waals surface area contributed by atoms with Crippen LogP contribution in [0.15, 0.2) is 12.1 Å². The van der Waals surface area contributed by atoms with Crippen molar-refractivity contribution in [1.82, 2.24) is 0 Å². The van der Waals surface area contributed by atoms with E-state index in [0.717, 1.165) is 12.1 Å². The first-order chi connectivity index (χ1) is 6.73. The summed E-state index contributed by atoms with van der Waals surface area (Å²) < 4.78 is 26.4. The molecule has 0 aliphatic carbocycles. The number of nitro benzene ring substituents is 1. The monoisotopic (exact) mass is 215 g/mol. The molecule has 15 heavy (non-hydrogen) atoms. The smallest absolute Gasteiger partial charge is 0.258 e. The van der Waals surface area contributed by atoms with Crippen LogP contribution in [0.2, 0.25) is 0 Å². The van der Waals surface area contributed by atoms with Crippen molar-refractivity contribution in [1.29, 1.82) is 0 Å². The molecule has 0 saturated heterocycles. The average Bonchev–Trinajstić information content (AvgIpc) is 1.99. The molecule has 0 saturated carbocycles. The Kier molecular flexibility index (Phi) is 2.75. The highest BCUT2D eigenvalue weighted by Crippen LogP contribution is 2.29. The van der Waals surface area contributed by atoms with Crippen molar-refractivity contribution >= 4 is 5.69 Å². The molecule has 0 radical (unpaired) electrons. The first-order valence-corrected chi connectivity index (χ1v) is 4.37. The van der Waals surface area contributed by atoms with Gasteiger partial charge in [-0.15, -0.1) is 0 Å². The third-order valence-electron chi connectivity index (χ3n) is 2.07. The van der Waals surface area contributed by atoms with Gasteiger partial charge in [0.1, 0.15) is 0 Å². The van der Waals surface area contributed by atoms with Crippen LogP contribution in [0.3, 0.4) is 0 Å². The van der Waals surface area contributed by atoms with Crippen molar-refractivity contribution in [3.8, 4) is 0 Å². The molecule has 0 aliphatic rings. The lowest BCUT2D eigenvalue weighted by Crippen LogP contribution is -2.12. The highest BCUT2D eigenvalue weighted by atomic mass is 19.1. The van der Waals surface area contributed by atoms with Crippen LogP contribution in [-0.2, 0) is 5.41 Å². The molecular weight excluding hydrogens is 204 g/mol. The van der Waals surface area contributed by atoms with Crippen molar-refractivity contribution < 1.29 is 13.7 Å². The summed E-state index contributed by atoms with van der Waals surface area (Å²) >= 11 is 0. The lowest BCUT2D eigenvalue weighted by atomic mass is 9.87. The number of benzene rings is 1. The molecule has 0 aliphatic heterocycles. The Balaban J connectivity index is 3.39. The number of nitrogens with zero attached hydrogens (tertiary/aromatic N) is 1. The zero-order chi connectivity index (χ0) is 11.8. The Morgan fingerprint density at radius 3 is 1.87 bits per heavy atom. The first kappa shape index (κ1) is 11.6. The fraction of sp³-hybridized carbons (Fsp3) is 0.400. The molecular formula is C10H11F2NO2. The summed E-state index contributed by atoms with van der Waals surface area (Å²) in [6.07, 6.45) is 0. The van der Waals surface area contributed by atoms with E-state index in [-0.39, 0.29) is 0 Å². The number of hydrogen-bond donors (Lipinski definition) is 0. The molecule has 5 heteroatoms. The van der Waals surface area contributed by atoms with E-state index in [1.54, 1.807) is 20.8 Å². The van der Waals surface area contributed by atoms with Gasteiger partial charge in [-0.3, -0.25) is 10.1 Å². The first-order valence-electron chi connectivity index (χ1n) is 4.37. The molecule has 3 nitrogen and oxygen atoms in total. The Morgan fingerprint density at radius 2 is 1.60 bits per heavy atom. The summed E-state index contributed by atoms with van der Waals surface area (Å²) in [5.41, 5.74) is -1.15. The fourth-order valence-corrected chi connectivity index (χ4v) is 1.17. The molecule has 1 aromatic carbocycles. The lowest BCUT2D eigenvalue weighted by molar-refractivity contribution is -0.390. The van der Waals surface area contributed by atoms with Crippen LogP contribution in [0.1, 0.15) is 26.3 Å². The molecule has 0 bridgehead atoms. The average molecular weight is 215 g/mol. The number of rotatable bonds is 1. The van der Waals surface area contributed by atoms with Gasteiger partial charge in [0.05, 0.1) is 4.92 Å². The summed E-state index contributed by atoms with van der Waals surface area (Å²) in [7, 11) is 0. The minimum absolute atomic E-state index is 0.392. The standard InChI is InChI=1S/C10H11F2NO2/c1-10(2,3)6-4-7(11)9(13(14)15)8(12)5-6/h4-5H,1-3H3. The van der Waals surface area contributed by atoms with Crippen LogP contribution in [-0.4, -0.2) is 4.92 Å². The van der Waals surface area contributed by atoms with Gasteiger partial charge in [0.25, 0.3) is 0 Å². The molecule has 1 rings (SSSR count). The second kappa shape index (κ2) is 3.56. The molecule has 0 fully saturated rings. The zero-order valence-electron chi connectivity index (χ0n) is 8.67. The van der Waals surface area contributed by atoms with E-state index in [4.69, 9.17) is 0 Å². The second-order valence-electron chi connectivity index (χ2n) is 4.30. The van der Waals surface area contributed by atoms with Gasteiger partial charge < -0.3 is 0 Å². The van der Waals surface area contributed by atoms with E-state index in [1.165, 1.54) is 0 Å². The van der Waals surface area contributed by atoms with Crippen LogP contribution in [0.4, 0.5) is 14.5 Å². The summed E-state index contributed by atoms with van der Waals surface area (Å²) in [6, 6.07) is 2.00. The van der Waals surface area contributed by atoms with Gasteiger partial charge in [-0.1, -0.05) is 20.8 Å². The molecule has 0 spiro atoms. The van der Waals surface area contributed by atoms with Crippen LogP contribution < -0.4 is 0 Å². The van der Waals surface area contributed by atoms with E-state index in [9.17, 15) is 18.9 Å². The molecule has 0 amide bonds. The molecule has 0 atom stereocenters. The van der Waals surface area contributed by atoms with Gasteiger partial charge in [-0.05, 0) is 23.1 Å². The molecule has 0 N–H and O–H groups in total. The zero-order valence-corrected chi connectivity index (χ0v) is 8.67. The molecule has 0 unspecified atom stereocenters. The van der Waals surface area contributed by atoms with Crippen molar-refractivity contribution in [3.63, 3.8) is 0 Å². The van der Waals surface area contributed by atoms with E-state index in [1.807, 2.05) is 0 Å².